The molecule has 0 radical (unpaired) electrons. The van der Waals surface area contributed by atoms with E-state index in [1.165, 1.54) is 4.57 Å². The van der Waals surface area contributed by atoms with Crippen molar-refractivity contribution >= 4 is 22.7 Å². The van der Waals surface area contributed by atoms with Crippen LogP contribution in [0.3, 0.4) is 0 Å². The molecule has 0 spiro atoms. The molecule has 1 aromatic heterocycles. The molecule has 2 amide bonds. The SMILES string of the molecule is CCn1c(=O)c2ccccc2n(CC(=O)NC(C)C(=O)N2CCOCC2)c1=O. The van der Waals surface area contributed by atoms with Gasteiger partial charge in [0.2, 0.25) is 11.8 Å². The molecule has 28 heavy (non-hydrogen) atoms. The number of aromatic nitrogens is 2. The third kappa shape index (κ3) is 3.84. The number of hydrogen-bond donors (Lipinski definition) is 1. The topological polar surface area (TPSA) is 103 Å². The quantitative estimate of drug-likeness (QED) is 0.747. The van der Waals surface area contributed by atoms with Crippen molar-refractivity contribution in [2.45, 2.75) is 33.0 Å². The van der Waals surface area contributed by atoms with Crippen LogP contribution in [0.15, 0.2) is 33.9 Å². The molecule has 2 heterocycles. The molecule has 9 heteroatoms. The number of hydrogen-bond acceptors (Lipinski definition) is 5. The van der Waals surface area contributed by atoms with Gasteiger partial charge in [-0.1, -0.05) is 12.1 Å². The van der Waals surface area contributed by atoms with Crippen molar-refractivity contribution in [3.63, 3.8) is 0 Å². The molecule has 1 saturated heterocycles. The number of carbonyl (C=O) groups is 2. The predicted octanol–water partition coefficient (Wildman–Crippen LogP) is -0.453. The van der Waals surface area contributed by atoms with E-state index >= 15 is 0 Å². The van der Waals surface area contributed by atoms with Crippen molar-refractivity contribution in [3.8, 4) is 0 Å². The summed E-state index contributed by atoms with van der Waals surface area (Å²) in [6, 6.07) is 5.96. The third-order valence-corrected chi connectivity index (χ3v) is 4.82. The molecule has 1 aliphatic heterocycles. The molecule has 0 aliphatic carbocycles. The molecule has 2 aromatic rings. The zero-order chi connectivity index (χ0) is 20.3. The Hall–Kier alpha value is -2.94. The summed E-state index contributed by atoms with van der Waals surface area (Å²) < 4.78 is 7.59. The normalized spacial score (nSPS) is 15.4. The standard InChI is InChI=1S/C19H24N4O5/c1-3-22-18(26)14-6-4-5-7-15(14)23(19(22)27)12-16(24)20-13(2)17(25)21-8-10-28-11-9-21/h4-7,13H,3,8-12H2,1-2H3,(H,20,24). The van der Waals surface area contributed by atoms with Gasteiger partial charge in [0.15, 0.2) is 0 Å². The molecule has 150 valence electrons. The number of para-hydroxylation sites is 1. The van der Waals surface area contributed by atoms with Gasteiger partial charge in [0.1, 0.15) is 12.6 Å². The maximum absolute atomic E-state index is 12.7. The molecule has 9 nitrogen and oxygen atoms in total. The first-order valence-electron chi connectivity index (χ1n) is 9.32. The largest absolute Gasteiger partial charge is 0.378 e. The summed E-state index contributed by atoms with van der Waals surface area (Å²) in [5.41, 5.74) is -0.534. The van der Waals surface area contributed by atoms with Crippen LogP contribution in [0.2, 0.25) is 0 Å². The molecule has 1 aromatic carbocycles. The highest BCUT2D eigenvalue weighted by atomic mass is 16.5. The Kier molecular flexibility index (Phi) is 5.93. The van der Waals surface area contributed by atoms with Gasteiger partial charge >= 0.3 is 5.69 Å². The van der Waals surface area contributed by atoms with Crippen LogP contribution in [-0.4, -0.2) is 58.2 Å². The molecule has 1 fully saturated rings. The Morgan fingerprint density at radius 3 is 2.50 bits per heavy atom. The van der Waals surface area contributed by atoms with Crippen molar-refractivity contribution in [1.82, 2.24) is 19.4 Å². The second-order valence-corrected chi connectivity index (χ2v) is 6.66. The monoisotopic (exact) mass is 388 g/mol. The summed E-state index contributed by atoms with van der Waals surface area (Å²) in [6.45, 7) is 5.18. The smallest absolute Gasteiger partial charge is 0.331 e. The van der Waals surface area contributed by atoms with E-state index in [0.29, 0.717) is 37.2 Å². The van der Waals surface area contributed by atoms with E-state index in [1.807, 2.05) is 0 Å². The fourth-order valence-electron chi connectivity index (χ4n) is 3.35. The summed E-state index contributed by atoms with van der Waals surface area (Å²) in [5, 5.41) is 3.02. The Bertz CT molecular complexity index is 1000. The van der Waals surface area contributed by atoms with Gasteiger partial charge in [0.25, 0.3) is 5.56 Å². The van der Waals surface area contributed by atoms with Gasteiger partial charge in [0.05, 0.1) is 24.1 Å². The van der Waals surface area contributed by atoms with Crippen molar-refractivity contribution < 1.29 is 14.3 Å². The molecule has 1 N–H and O–H groups in total. The Morgan fingerprint density at radius 1 is 1.14 bits per heavy atom. The Labute approximate surface area is 161 Å². The average Bonchev–Trinajstić information content (AvgIpc) is 2.71. The van der Waals surface area contributed by atoms with Crippen LogP contribution in [0.4, 0.5) is 0 Å². The van der Waals surface area contributed by atoms with E-state index in [4.69, 9.17) is 4.74 Å². The van der Waals surface area contributed by atoms with Gasteiger partial charge in [-0.05, 0) is 26.0 Å². The molecular weight excluding hydrogens is 364 g/mol. The summed E-state index contributed by atoms with van der Waals surface area (Å²) in [4.78, 5) is 51.8. The van der Waals surface area contributed by atoms with Crippen LogP contribution in [0.5, 0.6) is 0 Å². The average molecular weight is 388 g/mol. The van der Waals surface area contributed by atoms with Crippen LogP contribution >= 0.6 is 0 Å². The van der Waals surface area contributed by atoms with Crippen LogP contribution in [0.1, 0.15) is 13.8 Å². The molecule has 1 unspecified atom stereocenters. The maximum atomic E-state index is 12.7. The van der Waals surface area contributed by atoms with Crippen LogP contribution in [-0.2, 0) is 27.4 Å². The summed E-state index contributed by atoms with van der Waals surface area (Å²) in [6.07, 6.45) is 0. The lowest BCUT2D eigenvalue weighted by molar-refractivity contribution is -0.139. The number of ether oxygens (including phenoxy) is 1. The first-order chi connectivity index (χ1) is 13.4. The van der Waals surface area contributed by atoms with Crippen molar-refractivity contribution in [1.29, 1.82) is 0 Å². The maximum Gasteiger partial charge on any atom is 0.331 e. The highest BCUT2D eigenvalue weighted by Crippen LogP contribution is 2.07. The number of fused-ring (bicyclic) bond motifs is 1. The summed E-state index contributed by atoms with van der Waals surface area (Å²) >= 11 is 0. The van der Waals surface area contributed by atoms with E-state index < -0.39 is 17.6 Å². The highest BCUT2D eigenvalue weighted by molar-refractivity contribution is 5.88. The van der Waals surface area contributed by atoms with E-state index in [2.05, 4.69) is 5.32 Å². The molecular formula is C19H24N4O5. The van der Waals surface area contributed by atoms with Crippen molar-refractivity contribution in [3.05, 3.63) is 45.1 Å². The predicted molar refractivity (Wildman–Crippen MR) is 103 cm³/mol. The van der Waals surface area contributed by atoms with Gasteiger partial charge in [-0.15, -0.1) is 0 Å². The Morgan fingerprint density at radius 2 is 1.82 bits per heavy atom. The van der Waals surface area contributed by atoms with Gasteiger partial charge in [-0.25, -0.2) is 4.79 Å². The van der Waals surface area contributed by atoms with E-state index in [-0.39, 0.29) is 24.6 Å². The van der Waals surface area contributed by atoms with Crippen LogP contribution < -0.4 is 16.6 Å². The fourth-order valence-corrected chi connectivity index (χ4v) is 3.35. The number of carbonyl (C=O) groups excluding carboxylic acids is 2. The van der Waals surface area contributed by atoms with Gasteiger partial charge < -0.3 is 15.0 Å². The Balaban J connectivity index is 1.82. The van der Waals surface area contributed by atoms with Gasteiger partial charge in [-0.2, -0.15) is 0 Å². The molecule has 0 saturated carbocycles. The van der Waals surface area contributed by atoms with Crippen molar-refractivity contribution in [2.75, 3.05) is 26.3 Å². The zero-order valence-corrected chi connectivity index (χ0v) is 16.0. The zero-order valence-electron chi connectivity index (χ0n) is 16.0. The fraction of sp³-hybridized carbons (Fsp3) is 0.474. The molecule has 1 aliphatic rings. The number of nitrogens with zero attached hydrogens (tertiary/aromatic N) is 3. The van der Waals surface area contributed by atoms with E-state index in [9.17, 15) is 19.2 Å². The first-order valence-corrected chi connectivity index (χ1v) is 9.32. The highest BCUT2D eigenvalue weighted by Gasteiger charge is 2.24. The number of benzene rings is 1. The van der Waals surface area contributed by atoms with E-state index in [1.54, 1.807) is 43.0 Å². The van der Waals surface area contributed by atoms with Gasteiger partial charge in [-0.3, -0.25) is 23.5 Å². The lowest BCUT2D eigenvalue weighted by atomic mass is 10.2. The second-order valence-electron chi connectivity index (χ2n) is 6.66. The molecule has 0 bridgehead atoms. The minimum Gasteiger partial charge on any atom is -0.378 e. The number of nitrogens with one attached hydrogen (secondary N) is 1. The molecule has 1 atom stereocenters. The third-order valence-electron chi connectivity index (χ3n) is 4.82. The van der Waals surface area contributed by atoms with E-state index in [0.717, 1.165) is 4.57 Å². The lowest BCUT2D eigenvalue weighted by Crippen LogP contribution is -2.51. The van der Waals surface area contributed by atoms with Crippen molar-refractivity contribution in [2.24, 2.45) is 0 Å². The summed E-state index contributed by atoms with van der Waals surface area (Å²) in [5.74, 6) is -0.657. The first kappa shape index (κ1) is 19.8. The van der Waals surface area contributed by atoms with Crippen LogP contribution in [0, 0.1) is 0 Å². The number of amides is 2. The minimum atomic E-state index is -0.718. The number of rotatable bonds is 5. The van der Waals surface area contributed by atoms with Crippen LogP contribution in [0.25, 0.3) is 10.9 Å². The minimum absolute atomic E-state index is 0.188. The van der Waals surface area contributed by atoms with Gasteiger partial charge in [0, 0.05) is 19.6 Å². The summed E-state index contributed by atoms with van der Waals surface area (Å²) in [7, 11) is 0. The molecule has 3 rings (SSSR count). The second kappa shape index (κ2) is 8.39. The lowest BCUT2D eigenvalue weighted by Gasteiger charge is -2.29. The number of morpholine rings is 1.